The van der Waals surface area contributed by atoms with Gasteiger partial charge < -0.3 is 19.2 Å². The number of pyridine rings is 1. The lowest BCUT2D eigenvalue weighted by Crippen LogP contribution is -2.35. The van der Waals surface area contributed by atoms with Gasteiger partial charge in [-0.2, -0.15) is 0 Å². The predicted molar refractivity (Wildman–Crippen MR) is 114 cm³/mol. The van der Waals surface area contributed by atoms with Crippen LogP contribution in [-0.2, 0) is 6.54 Å². The van der Waals surface area contributed by atoms with Crippen LogP contribution < -0.4 is 5.32 Å². The molecule has 0 saturated carbocycles. The molecule has 3 aromatic heterocycles. The van der Waals surface area contributed by atoms with Crippen LogP contribution in [0.3, 0.4) is 0 Å². The number of thiocarbonyl (C=S) groups is 1. The summed E-state index contributed by atoms with van der Waals surface area (Å²) in [6.45, 7) is 9.43. The fourth-order valence-electron chi connectivity index (χ4n) is 4.18. The van der Waals surface area contributed by atoms with E-state index in [9.17, 15) is 0 Å². The van der Waals surface area contributed by atoms with Crippen LogP contribution in [0.2, 0.25) is 0 Å². The maximum Gasteiger partial charge on any atom is 0.170 e. The largest absolute Gasteiger partial charge is 0.467 e. The second-order valence-electron chi connectivity index (χ2n) is 7.62. The van der Waals surface area contributed by atoms with Crippen molar-refractivity contribution in [1.82, 2.24) is 19.8 Å². The number of hydrogen-bond donors (Lipinski definition) is 1. The molecule has 1 N–H and O–H groups in total. The van der Waals surface area contributed by atoms with Crippen LogP contribution in [-0.4, -0.2) is 25.6 Å². The standard InChI is InChI=1S/C22H26N4OS/c1-14(2)26-21(20(24-22(26)28)19-9-5-6-10-23-19)18-12-15(3)25(16(18)4)13-17-8-7-11-27-17/h5-12,14,20-21H,13H2,1-4H3,(H,24,28)/t20-,21+/m1/s1. The third-order valence-electron chi connectivity index (χ3n) is 5.52. The summed E-state index contributed by atoms with van der Waals surface area (Å²) in [7, 11) is 0. The number of nitrogens with one attached hydrogen (secondary N) is 1. The van der Waals surface area contributed by atoms with Gasteiger partial charge in [-0.15, -0.1) is 0 Å². The number of aryl methyl sites for hydroxylation is 1. The monoisotopic (exact) mass is 394 g/mol. The first-order valence-electron chi connectivity index (χ1n) is 9.66. The Morgan fingerprint density at radius 1 is 1.21 bits per heavy atom. The first-order valence-corrected chi connectivity index (χ1v) is 10.1. The van der Waals surface area contributed by atoms with Crippen molar-refractivity contribution in [2.45, 2.75) is 52.4 Å². The zero-order chi connectivity index (χ0) is 19.8. The second-order valence-corrected chi connectivity index (χ2v) is 8.01. The van der Waals surface area contributed by atoms with Gasteiger partial charge in [0.05, 0.1) is 30.6 Å². The Kier molecular flexibility index (Phi) is 4.98. The van der Waals surface area contributed by atoms with E-state index < -0.39 is 0 Å². The summed E-state index contributed by atoms with van der Waals surface area (Å²) in [6, 6.07) is 12.7. The van der Waals surface area contributed by atoms with Crippen LogP contribution in [0.15, 0.2) is 53.3 Å². The van der Waals surface area contributed by atoms with Gasteiger partial charge in [-0.05, 0) is 75.8 Å². The van der Waals surface area contributed by atoms with Gasteiger partial charge in [0.25, 0.3) is 0 Å². The van der Waals surface area contributed by atoms with Crippen molar-refractivity contribution in [3.63, 3.8) is 0 Å². The van der Waals surface area contributed by atoms with Crippen LogP contribution in [0, 0.1) is 13.8 Å². The minimum absolute atomic E-state index is 0.0219. The normalized spacial score (nSPS) is 19.5. The Bertz CT molecular complexity index is 962. The van der Waals surface area contributed by atoms with E-state index in [1.54, 1.807) is 6.26 Å². The molecule has 1 aliphatic rings. The smallest absolute Gasteiger partial charge is 0.170 e. The molecule has 1 fully saturated rings. The summed E-state index contributed by atoms with van der Waals surface area (Å²) in [5.41, 5.74) is 4.73. The molecule has 0 amide bonds. The molecule has 3 aromatic rings. The molecule has 1 aliphatic heterocycles. The SMILES string of the molecule is Cc1cc([C@H]2[C@@H](c3ccccn3)NC(=S)N2C(C)C)c(C)n1Cc1ccco1. The first kappa shape index (κ1) is 18.7. The summed E-state index contributed by atoms with van der Waals surface area (Å²) >= 11 is 5.71. The number of aromatic nitrogens is 2. The quantitative estimate of drug-likeness (QED) is 0.645. The minimum Gasteiger partial charge on any atom is -0.467 e. The molecular weight excluding hydrogens is 368 g/mol. The molecule has 0 aliphatic carbocycles. The van der Waals surface area contributed by atoms with Crippen LogP contribution in [0.5, 0.6) is 0 Å². The topological polar surface area (TPSA) is 46.2 Å². The van der Waals surface area contributed by atoms with Crippen LogP contribution in [0.1, 0.15) is 54.3 Å². The Hall–Kier alpha value is -2.60. The van der Waals surface area contributed by atoms with E-state index in [0.717, 1.165) is 23.1 Å². The average molecular weight is 395 g/mol. The molecule has 0 radical (unpaired) electrons. The molecule has 28 heavy (non-hydrogen) atoms. The van der Waals surface area contributed by atoms with E-state index in [4.69, 9.17) is 16.6 Å². The van der Waals surface area contributed by atoms with Gasteiger partial charge in [-0.1, -0.05) is 6.07 Å². The number of nitrogens with zero attached hydrogens (tertiary/aromatic N) is 3. The summed E-state index contributed by atoms with van der Waals surface area (Å²) in [5.74, 6) is 0.954. The van der Waals surface area contributed by atoms with Crippen LogP contribution in [0.25, 0.3) is 0 Å². The highest BCUT2D eigenvalue weighted by Gasteiger charge is 2.42. The van der Waals surface area contributed by atoms with Crippen molar-refractivity contribution in [1.29, 1.82) is 0 Å². The third kappa shape index (κ3) is 3.22. The third-order valence-corrected chi connectivity index (χ3v) is 5.85. The highest BCUT2D eigenvalue weighted by Crippen LogP contribution is 2.41. The Balaban J connectivity index is 1.78. The molecule has 1 saturated heterocycles. The first-order chi connectivity index (χ1) is 13.5. The zero-order valence-corrected chi connectivity index (χ0v) is 17.5. The van der Waals surface area contributed by atoms with Gasteiger partial charge in [-0.25, -0.2) is 0 Å². The number of rotatable bonds is 5. The summed E-state index contributed by atoms with van der Waals surface area (Å²) < 4.78 is 7.88. The van der Waals surface area contributed by atoms with E-state index in [2.05, 4.69) is 59.6 Å². The Morgan fingerprint density at radius 2 is 2.04 bits per heavy atom. The predicted octanol–water partition coefficient (Wildman–Crippen LogP) is 4.52. The zero-order valence-electron chi connectivity index (χ0n) is 16.7. The summed E-state index contributed by atoms with van der Waals surface area (Å²) in [6.07, 6.45) is 3.57. The van der Waals surface area contributed by atoms with Gasteiger partial charge in [-0.3, -0.25) is 4.98 Å². The second kappa shape index (κ2) is 7.43. The molecule has 4 heterocycles. The number of furan rings is 1. The fraction of sp³-hybridized carbons (Fsp3) is 0.364. The minimum atomic E-state index is 0.0219. The molecular formula is C22H26N4OS. The molecule has 0 unspecified atom stereocenters. The van der Waals surface area contributed by atoms with E-state index in [0.29, 0.717) is 0 Å². The van der Waals surface area contributed by atoms with Gasteiger partial charge >= 0.3 is 0 Å². The van der Waals surface area contributed by atoms with Crippen molar-refractivity contribution in [2.75, 3.05) is 0 Å². The molecule has 0 aromatic carbocycles. The van der Waals surface area contributed by atoms with Gasteiger partial charge in [0.2, 0.25) is 0 Å². The molecule has 0 spiro atoms. The van der Waals surface area contributed by atoms with E-state index in [-0.39, 0.29) is 18.1 Å². The highest BCUT2D eigenvalue weighted by atomic mass is 32.1. The van der Waals surface area contributed by atoms with E-state index in [1.165, 1.54) is 17.0 Å². The maximum atomic E-state index is 5.71. The highest BCUT2D eigenvalue weighted by molar-refractivity contribution is 7.80. The molecule has 4 rings (SSSR count). The molecule has 6 heteroatoms. The van der Waals surface area contributed by atoms with Crippen molar-refractivity contribution >= 4 is 17.3 Å². The van der Waals surface area contributed by atoms with E-state index >= 15 is 0 Å². The fourth-order valence-corrected chi connectivity index (χ4v) is 4.63. The molecule has 146 valence electrons. The van der Waals surface area contributed by atoms with Gasteiger partial charge in [0.1, 0.15) is 5.76 Å². The van der Waals surface area contributed by atoms with Gasteiger partial charge in [0.15, 0.2) is 5.11 Å². The van der Waals surface area contributed by atoms with Crippen LogP contribution >= 0.6 is 12.2 Å². The van der Waals surface area contributed by atoms with Crippen molar-refractivity contribution in [3.8, 4) is 0 Å². The van der Waals surface area contributed by atoms with E-state index in [1.807, 2.05) is 30.5 Å². The van der Waals surface area contributed by atoms with Gasteiger partial charge in [0, 0.05) is 23.6 Å². The van der Waals surface area contributed by atoms with Crippen molar-refractivity contribution < 1.29 is 4.42 Å². The maximum absolute atomic E-state index is 5.71. The molecule has 0 bridgehead atoms. The molecule has 2 atom stereocenters. The lowest BCUT2D eigenvalue weighted by molar-refractivity contribution is 0.268. The van der Waals surface area contributed by atoms with Crippen LogP contribution in [0.4, 0.5) is 0 Å². The average Bonchev–Trinajstić information content (AvgIpc) is 3.37. The Morgan fingerprint density at radius 3 is 2.68 bits per heavy atom. The van der Waals surface area contributed by atoms with Crippen molar-refractivity contribution in [2.24, 2.45) is 0 Å². The summed E-state index contributed by atoms with van der Waals surface area (Å²) in [4.78, 5) is 6.91. The lowest BCUT2D eigenvalue weighted by Gasteiger charge is -2.31. The molecule has 5 nitrogen and oxygen atoms in total. The lowest BCUT2D eigenvalue weighted by atomic mass is 9.96. The number of hydrogen-bond acceptors (Lipinski definition) is 3. The Labute approximate surface area is 171 Å². The summed E-state index contributed by atoms with van der Waals surface area (Å²) in [5, 5.41) is 4.30. The van der Waals surface area contributed by atoms with Crippen molar-refractivity contribution in [3.05, 3.63) is 77.3 Å².